The third-order valence-electron chi connectivity index (χ3n) is 8.56. The van der Waals surface area contributed by atoms with Crippen molar-refractivity contribution in [2.24, 2.45) is 5.41 Å². The van der Waals surface area contributed by atoms with Crippen molar-refractivity contribution in [3.8, 4) is 0 Å². The Morgan fingerprint density at radius 3 is 0.660 bits per heavy atom. The number of hydrogen-bond acceptors (Lipinski definition) is 12. The Kier molecular flexibility index (Phi) is 14.2. The zero-order valence-corrected chi connectivity index (χ0v) is 33.2. The van der Waals surface area contributed by atoms with Crippen molar-refractivity contribution in [1.29, 1.82) is 0 Å². The Morgan fingerprint density at radius 2 is 0.509 bits per heavy atom. The lowest BCUT2D eigenvalue weighted by Crippen LogP contribution is -2.44. The molecule has 53 heavy (non-hydrogen) atoms. The number of rotatable bonds is 20. The van der Waals surface area contributed by atoms with E-state index in [2.05, 4.69) is 0 Å². The maximum atomic E-state index is 13.4. The summed E-state index contributed by atoms with van der Waals surface area (Å²) in [6.45, 7) is 3.51. The third-order valence-corrected chi connectivity index (χ3v) is 13.7. The number of aryl methyl sites for hydroxylation is 4. The quantitative estimate of drug-likeness (QED) is 0.0978. The van der Waals surface area contributed by atoms with Gasteiger partial charge in [0, 0.05) is 0 Å². The second kappa shape index (κ2) is 17.8. The largest absolute Gasteiger partial charge is 0.296 e. The molecule has 0 aliphatic rings. The smallest absolute Gasteiger partial charge is 0.266 e. The zero-order valence-electron chi connectivity index (χ0n) is 29.9. The van der Waals surface area contributed by atoms with E-state index < -0.39 is 72.3 Å². The zero-order chi connectivity index (χ0) is 38.9. The molecule has 12 nitrogen and oxygen atoms in total. The first kappa shape index (κ1) is 42.3. The lowest BCUT2D eigenvalue weighted by atomic mass is 9.93. The fourth-order valence-corrected chi connectivity index (χ4v) is 8.94. The van der Waals surface area contributed by atoms with Crippen LogP contribution < -0.4 is 0 Å². The fourth-order valence-electron chi connectivity index (χ4n) is 4.90. The van der Waals surface area contributed by atoms with Gasteiger partial charge in [0.15, 0.2) is 0 Å². The van der Waals surface area contributed by atoms with Gasteiger partial charge in [0.1, 0.15) is 0 Å². The molecule has 0 bridgehead atoms. The van der Waals surface area contributed by atoms with E-state index >= 15 is 0 Å². The summed E-state index contributed by atoms with van der Waals surface area (Å²) in [5.74, 6) is 0. The summed E-state index contributed by atoms with van der Waals surface area (Å²) in [6, 6.07) is 23.2. The maximum absolute atomic E-state index is 13.4. The van der Waals surface area contributed by atoms with Gasteiger partial charge in [-0.1, -0.05) is 76.2 Å². The van der Waals surface area contributed by atoms with Crippen LogP contribution in [-0.2, 0) is 82.9 Å². The van der Waals surface area contributed by atoms with E-state index in [1.807, 2.05) is 27.7 Å². The van der Waals surface area contributed by atoms with Crippen molar-refractivity contribution in [2.75, 3.05) is 26.4 Å². The highest BCUT2D eigenvalue weighted by atomic mass is 32.2. The summed E-state index contributed by atoms with van der Waals surface area (Å²) in [7, 11) is -18.3. The molecular weight excluding hydrogens is 765 g/mol. The molecule has 288 valence electrons. The van der Waals surface area contributed by atoms with Crippen molar-refractivity contribution in [2.45, 2.75) is 73.0 Å². The minimum Gasteiger partial charge on any atom is -0.266 e. The van der Waals surface area contributed by atoms with Gasteiger partial charge in [-0.2, -0.15) is 33.7 Å². The first-order valence-corrected chi connectivity index (χ1v) is 22.5. The first-order valence-electron chi connectivity index (χ1n) is 16.9. The summed E-state index contributed by atoms with van der Waals surface area (Å²) >= 11 is 0. The Labute approximate surface area is 313 Å². The molecule has 0 aliphatic carbocycles. The predicted octanol–water partition coefficient (Wildman–Crippen LogP) is 5.84. The average molecular weight is 809 g/mol. The molecule has 4 rings (SSSR count). The lowest BCUT2D eigenvalue weighted by molar-refractivity contribution is 0.00406. The van der Waals surface area contributed by atoms with Crippen LogP contribution in [0.2, 0.25) is 0 Å². The molecule has 4 aromatic rings. The Bertz CT molecular complexity index is 1920. The molecule has 0 spiro atoms. The second-order valence-electron chi connectivity index (χ2n) is 12.4. The standard InChI is InChI=1S/C37H44O12S4/c1-5-29-9-17-33(18-10-29)50(38,39)46-25-37(26-47-51(40,41)34-19-11-30(6-2)12-20-34,27-48-52(42,43)35-21-13-31(7-3)14-22-35)28-49-53(44,45)36-23-15-32(8-4)16-24-36/h9-24H,5-8,25-28H2,1-4H3. The topological polar surface area (TPSA) is 173 Å². The van der Waals surface area contributed by atoms with Gasteiger partial charge in [-0.3, -0.25) is 16.7 Å². The predicted molar refractivity (Wildman–Crippen MR) is 198 cm³/mol. The van der Waals surface area contributed by atoms with E-state index in [1.54, 1.807) is 48.5 Å². The monoisotopic (exact) mass is 808 g/mol. The molecule has 0 N–H and O–H groups in total. The second-order valence-corrected chi connectivity index (χ2v) is 18.8. The molecule has 0 heterocycles. The molecule has 0 aliphatic heterocycles. The van der Waals surface area contributed by atoms with Crippen molar-refractivity contribution in [1.82, 2.24) is 0 Å². The molecule has 0 fully saturated rings. The lowest BCUT2D eigenvalue weighted by Gasteiger charge is -2.31. The number of benzene rings is 4. The SMILES string of the molecule is CCc1ccc(S(=O)(=O)OCC(COS(=O)(=O)c2ccc(CC)cc2)(COS(=O)(=O)c2ccc(CC)cc2)COS(=O)(=O)c2ccc(CC)cc2)cc1. The maximum Gasteiger partial charge on any atom is 0.296 e. The van der Waals surface area contributed by atoms with Crippen molar-refractivity contribution in [3.63, 3.8) is 0 Å². The van der Waals surface area contributed by atoms with Crippen molar-refractivity contribution >= 4 is 40.5 Å². The van der Waals surface area contributed by atoms with Gasteiger partial charge in [0.2, 0.25) is 0 Å². The first-order chi connectivity index (χ1) is 25.0. The molecule has 0 aromatic heterocycles. The van der Waals surface area contributed by atoms with Crippen LogP contribution >= 0.6 is 0 Å². The Balaban J connectivity index is 1.76. The Morgan fingerprint density at radius 1 is 0.340 bits per heavy atom. The highest BCUT2D eigenvalue weighted by Gasteiger charge is 2.40. The van der Waals surface area contributed by atoms with Crippen molar-refractivity contribution < 1.29 is 50.4 Å². The minimum atomic E-state index is -4.57. The van der Waals surface area contributed by atoms with E-state index in [0.717, 1.165) is 22.3 Å². The molecule has 16 heteroatoms. The van der Waals surface area contributed by atoms with Crippen LogP contribution in [0.5, 0.6) is 0 Å². The van der Waals surface area contributed by atoms with Gasteiger partial charge in [-0.15, -0.1) is 0 Å². The van der Waals surface area contributed by atoms with Crippen LogP contribution in [0.3, 0.4) is 0 Å². The third kappa shape index (κ3) is 11.3. The molecule has 0 saturated carbocycles. The van der Waals surface area contributed by atoms with E-state index in [-0.39, 0.29) is 19.6 Å². The summed E-state index contributed by atoms with van der Waals surface area (Å²) in [4.78, 5) is -0.992. The molecule has 0 radical (unpaired) electrons. The van der Waals surface area contributed by atoms with Gasteiger partial charge in [-0.05, 0) is 96.5 Å². The normalized spacial score (nSPS) is 12.9. The van der Waals surface area contributed by atoms with E-state index in [9.17, 15) is 33.7 Å². The van der Waals surface area contributed by atoms with Crippen LogP contribution in [0.15, 0.2) is 117 Å². The van der Waals surface area contributed by atoms with E-state index in [0.29, 0.717) is 25.7 Å². The highest BCUT2D eigenvalue weighted by molar-refractivity contribution is 7.87. The summed E-state index contributed by atoms with van der Waals surface area (Å²) < 4.78 is 129. The van der Waals surface area contributed by atoms with Crippen LogP contribution in [0, 0.1) is 5.41 Å². The molecule has 0 atom stereocenters. The van der Waals surface area contributed by atoms with E-state index in [1.165, 1.54) is 48.5 Å². The minimum absolute atomic E-state index is 0.248. The molecular formula is C37H44O12S4. The molecule has 0 saturated heterocycles. The summed E-state index contributed by atoms with van der Waals surface area (Å²) in [5, 5.41) is 0. The van der Waals surface area contributed by atoms with E-state index in [4.69, 9.17) is 16.7 Å². The van der Waals surface area contributed by atoms with Gasteiger partial charge < -0.3 is 0 Å². The summed E-state index contributed by atoms with van der Waals surface area (Å²) in [6.07, 6.45) is 2.54. The average Bonchev–Trinajstić information content (AvgIpc) is 3.17. The van der Waals surface area contributed by atoms with Crippen LogP contribution in [0.25, 0.3) is 0 Å². The van der Waals surface area contributed by atoms with Gasteiger partial charge in [-0.25, -0.2) is 0 Å². The van der Waals surface area contributed by atoms with Crippen LogP contribution in [-0.4, -0.2) is 60.1 Å². The highest BCUT2D eigenvalue weighted by Crippen LogP contribution is 2.30. The van der Waals surface area contributed by atoms with Gasteiger partial charge in [0.25, 0.3) is 40.5 Å². The van der Waals surface area contributed by atoms with Crippen molar-refractivity contribution in [3.05, 3.63) is 119 Å². The van der Waals surface area contributed by atoms with Gasteiger partial charge in [0.05, 0.1) is 51.4 Å². The molecule has 0 unspecified atom stereocenters. The van der Waals surface area contributed by atoms with Gasteiger partial charge >= 0.3 is 0 Å². The summed E-state index contributed by atoms with van der Waals surface area (Å²) in [5.41, 5.74) is 1.21. The van der Waals surface area contributed by atoms with Crippen LogP contribution in [0.1, 0.15) is 49.9 Å². The Hall–Kier alpha value is -3.48. The van der Waals surface area contributed by atoms with Crippen LogP contribution in [0.4, 0.5) is 0 Å². The molecule has 4 aromatic carbocycles. The number of hydrogen-bond donors (Lipinski definition) is 0. The fraction of sp³-hybridized carbons (Fsp3) is 0.351. The molecule has 0 amide bonds.